The zero-order chi connectivity index (χ0) is 15.4. The molecule has 122 valence electrons. The molecule has 0 aliphatic rings. The Morgan fingerprint density at radius 2 is 1.30 bits per heavy atom. The average molecular weight is 286 g/mol. The lowest BCUT2D eigenvalue weighted by Gasteiger charge is -2.24. The van der Waals surface area contributed by atoms with Crippen LogP contribution in [0.5, 0.6) is 0 Å². The third-order valence-corrected chi connectivity index (χ3v) is 3.95. The van der Waals surface area contributed by atoms with Crippen LogP contribution in [0.2, 0.25) is 0 Å². The second kappa shape index (κ2) is 11.5. The molecule has 0 atom stereocenters. The van der Waals surface area contributed by atoms with Gasteiger partial charge >= 0.3 is 0 Å². The molecule has 0 aliphatic heterocycles. The predicted molar refractivity (Wildman–Crippen MR) is 91.5 cm³/mol. The second-order valence-corrected chi connectivity index (χ2v) is 6.88. The van der Waals surface area contributed by atoms with Crippen molar-refractivity contribution in [1.29, 1.82) is 0 Å². The standard InChI is InChI=1S/C17H39N3/c1-7-19(8-2)14-10-15-20(9-3)16-13-18-12-11-17(4,5)6/h18H,7-16H2,1-6H3. The molecule has 3 nitrogen and oxygen atoms in total. The smallest absolute Gasteiger partial charge is 0.0107 e. The molecule has 0 spiro atoms. The molecule has 0 amide bonds. The quantitative estimate of drug-likeness (QED) is 0.556. The van der Waals surface area contributed by atoms with Crippen molar-refractivity contribution in [2.75, 3.05) is 52.4 Å². The Bertz CT molecular complexity index is 207. The van der Waals surface area contributed by atoms with Crippen molar-refractivity contribution in [2.45, 2.75) is 54.4 Å². The number of nitrogens with one attached hydrogen (secondary N) is 1. The Morgan fingerprint density at radius 3 is 1.80 bits per heavy atom. The molecule has 1 N–H and O–H groups in total. The average Bonchev–Trinajstić information content (AvgIpc) is 2.39. The summed E-state index contributed by atoms with van der Waals surface area (Å²) in [5.41, 5.74) is 0.446. The van der Waals surface area contributed by atoms with Crippen molar-refractivity contribution in [2.24, 2.45) is 5.41 Å². The summed E-state index contributed by atoms with van der Waals surface area (Å²) in [4.78, 5) is 5.07. The minimum absolute atomic E-state index is 0.446. The van der Waals surface area contributed by atoms with Gasteiger partial charge in [-0.2, -0.15) is 0 Å². The first-order valence-corrected chi connectivity index (χ1v) is 8.58. The van der Waals surface area contributed by atoms with E-state index in [2.05, 4.69) is 56.7 Å². The molecule has 0 aromatic rings. The zero-order valence-corrected chi connectivity index (χ0v) is 15.0. The molecule has 0 rings (SSSR count). The third-order valence-electron chi connectivity index (χ3n) is 3.95. The van der Waals surface area contributed by atoms with Gasteiger partial charge in [-0.15, -0.1) is 0 Å². The van der Waals surface area contributed by atoms with Crippen molar-refractivity contribution in [3.05, 3.63) is 0 Å². The molecule has 0 aliphatic carbocycles. The van der Waals surface area contributed by atoms with Gasteiger partial charge in [-0.1, -0.05) is 41.5 Å². The lowest BCUT2D eigenvalue weighted by Crippen LogP contribution is -2.35. The largest absolute Gasteiger partial charge is 0.315 e. The minimum Gasteiger partial charge on any atom is -0.315 e. The second-order valence-electron chi connectivity index (χ2n) is 6.88. The first-order valence-electron chi connectivity index (χ1n) is 8.58. The monoisotopic (exact) mass is 285 g/mol. The normalized spacial score (nSPS) is 12.6. The first-order chi connectivity index (χ1) is 9.42. The molecule has 0 aromatic heterocycles. The highest BCUT2D eigenvalue weighted by molar-refractivity contribution is 4.65. The van der Waals surface area contributed by atoms with Crippen molar-refractivity contribution >= 4 is 0 Å². The number of likely N-dealkylation sites (N-methyl/N-ethyl adjacent to an activating group) is 1. The number of rotatable bonds is 12. The van der Waals surface area contributed by atoms with Crippen molar-refractivity contribution in [1.82, 2.24) is 15.1 Å². The summed E-state index contributed by atoms with van der Waals surface area (Å²) in [6.45, 7) is 23.1. The summed E-state index contributed by atoms with van der Waals surface area (Å²) in [7, 11) is 0. The van der Waals surface area contributed by atoms with Gasteiger partial charge in [0.25, 0.3) is 0 Å². The first kappa shape index (κ1) is 19.9. The maximum Gasteiger partial charge on any atom is 0.0107 e. The van der Waals surface area contributed by atoms with E-state index in [4.69, 9.17) is 0 Å². The molecule has 0 unspecified atom stereocenters. The van der Waals surface area contributed by atoms with E-state index in [1.807, 2.05) is 0 Å². The Balaban J connectivity index is 3.61. The number of hydrogen-bond donors (Lipinski definition) is 1. The summed E-state index contributed by atoms with van der Waals surface area (Å²) in [6.07, 6.45) is 2.54. The highest BCUT2D eigenvalue weighted by Gasteiger charge is 2.09. The minimum atomic E-state index is 0.446. The van der Waals surface area contributed by atoms with Crippen LogP contribution in [0, 0.1) is 5.41 Å². The molecule has 0 saturated carbocycles. The highest BCUT2D eigenvalue weighted by Crippen LogP contribution is 2.16. The lowest BCUT2D eigenvalue weighted by atomic mass is 9.92. The SMILES string of the molecule is CCN(CC)CCCN(CC)CCNCCC(C)(C)C. The molecule has 0 saturated heterocycles. The van der Waals surface area contributed by atoms with Gasteiger partial charge in [0.2, 0.25) is 0 Å². The number of hydrogen-bond acceptors (Lipinski definition) is 3. The van der Waals surface area contributed by atoms with Gasteiger partial charge in [-0.05, 0) is 57.5 Å². The van der Waals surface area contributed by atoms with Gasteiger partial charge in [-0.3, -0.25) is 0 Å². The van der Waals surface area contributed by atoms with Crippen molar-refractivity contribution in [3.8, 4) is 0 Å². The van der Waals surface area contributed by atoms with Gasteiger partial charge in [-0.25, -0.2) is 0 Å². The van der Waals surface area contributed by atoms with E-state index in [1.54, 1.807) is 0 Å². The molecule has 0 radical (unpaired) electrons. The molecule has 0 fully saturated rings. The van der Waals surface area contributed by atoms with E-state index in [0.29, 0.717) is 5.41 Å². The van der Waals surface area contributed by atoms with Crippen LogP contribution in [-0.4, -0.2) is 62.2 Å². The van der Waals surface area contributed by atoms with Gasteiger partial charge in [0, 0.05) is 13.1 Å². The van der Waals surface area contributed by atoms with E-state index < -0.39 is 0 Å². The predicted octanol–water partition coefficient (Wildman–Crippen LogP) is 3.07. The number of nitrogens with zero attached hydrogens (tertiary/aromatic N) is 2. The Hall–Kier alpha value is -0.120. The fourth-order valence-electron chi connectivity index (χ4n) is 2.31. The molecule has 0 bridgehead atoms. The van der Waals surface area contributed by atoms with Crippen LogP contribution in [0.15, 0.2) is 0 Å². The van der Waals surface area contributed by atoms with Gasteiger partial charge in [0.1, 0.15) is 0 Å². The van der Waals surface area contributed by atoms with Crippen LogP contribution in [0.25, 0.3) is 0 Å². The summed E-state index contributed by atoms with van der Waals surface area (Å²) in [5, 5.41) is 3.58. The van der Waals surface area contributed by atoms with Crippen LogP contribution in [-0.2, 0) is 0 Å². The fraction of sp³-hybridized carbons (Fsp3) is 1.00. The lowest BCUT2D eigenvalue weighted by molar-refractivity contribution is 0.242. The molecule has 3 heteroatoms. The maximum atomic E-state index is 3.58. The molecule has 0 heterocycles. The topological polar surface area (TPSA) is 18.5 Å². The molecule has 0 aromatic carbocycles. The van der Waals surface area contributed by atoms with E-state index >= 15 is 0 Å². The van der Waals surface area contributed by atoms with E-state index in [0.717, 1.165) is 13.1 Å². The third kappa shape index (κ3) is 11.7. The summed E-state index contributed by atoms with van der Waals surface area (Å²) in [5.74, 6) is 0. The Kier molecular flexibility index (Phi) is 11.5. The maximum absolute atomic E-state index is 3.58. The molecular weight excluding hydrogens is 246 g/mol. The van der Waals surface area contributed by atoms with Crippen LogP contribution in [0.4, 0.5) is 0 Å². The molecular formula is C17H39N3. The van der Waals surface area contributed by atoms with Crippen LogP contribution < -0.4 is 5.32 Å². The zero-order valence-electron chi connectivity index (χ0n) is 15.0. The Morgan fingerprint density at radius 1 is 0.750 bits per heavy atom. The van der Waals surface area contributed by atoms with Crippen molar-refractivity contribution < 1.29 is 0 Å². The summed E-state index contributed by atoms with van der Waals surface area (Å²) in [6, 6.07) is 0. The van der Waals surface area contributed by atoms with Crippen molar-refractivity contribution in [3.63, 3.8) is 0 Å². The van der Waals surface area contributed by atoms with Gasteiger partial charge in [0.05, 0.1) is 0 Å². The molecule has 20 heavy (non-hydrogen) atoms. The van der Waals surface area contributed by atoms with E-state index in [1.165, 1.54) is 52.1 Å². The van der Waals surface area contributed by atoms with Gasteiger partial charge in [0.15, 0.2) is 0 Å². The highest BCUT2D eigenvalue weighted by atomic mass is 15.1. The van der Waals surface area contributed by atoms with Crippen LogP contribution >= 0.6 is 0 Å². The summed E-state index contributed by atoms with van der Waals surface area (Å²) >= 11 is 0. The van der Waals surface area contributed by atoms with Gasteiger partial charge < -0.3 is 15.1 Å². The van der Waals surface area contributed by atoms with Crippen LogP contribution in [0.3, 0.4) is 0 Å². The fourth-order valence-corrected chi connectivity index (χ4v) is 2.31. The Labute approximate surface area is 128 Å². The summed E-state index contributed by atoms with van der Waals surface area (Å²) < 4.78 is 0. The van der Waals surface area contributed by atoms with E-state index in [9.17, 15) is 0 Å². The van der Waals surface area contributed by atoms with Crippen LogP contribution in [0.1, 0.15) is 54.4 Å². The van der Waals surface area contributed by atoms with E-state index in [-0.39, 0.29) is 0 Å².